The number of benzene rings is 1. The second-order valence-corrected chi connectivity index (χ2v) is 5.97. The Morgan fingerprint density at radius 2 is 1.94 bits per heavy atom. The van der Waals surface area contributed by atoms with Crippen molar-refractivity contribution in [1.29, 1.82) is 0 Å². The number of aryl methyl sites for hydroxylation is 2. The molecular weight excluding hydrogens is 294 g/mol. The van der Waals surface area contributed by atoms with Gasteiger partial charge in [-0.2, -0.15) is 0 Å². The molecule has 0 saturated carbocycles. The molecule has 1 aromatic carbocycles. The number of aromatic nitrogens is 1. The summed E-state index contributed by atoms with van der Waals surface area (Å²) in [6, 6.07) is 10.7. The lowest BCUT2D eigenvalue weighted by molar-refractivity contribution is 1.16. The van der Waals surface area contributed by atoms with E-state index in [0.29, 0.717) is 0 Å². The van der Waals surface area contributed by atoms with Crippen molar-refractivity contribution in [2.45, 2.75) is 24.5 Å². The topological polar surface area (TPSA) is 12.9 Å². The molecule has 1 aromatic heterocycles. The van der Waals surface area contributed by atoms with E-state index in [1.165, 1.54) is 16.0 Å². The van der Waals surface area contributed by atoms with Gasteiger partial charge in [0.2, 0.25) is 0 Å². The lowest BCUT2D eigenvalue weighted by Crippen LogP contribution is -1.86. The average Bonchev–Trinajstić information content (AvgIpc) is 2.33. The van der Waals surface area contributed by atoms with E-state index in [2.05, 4.69) is 59.0 Å². The minimum absolute atomic E-state index is 0.912. The van der Waals surface area contributed by atoms with Crippen molar-refractivity contribution >= 4 is 27.7 Å². The largest absolute Gasteiger partial charge is 0.259 e. The van der Waals surface area contributed by atoms with Crippen molar-refractivity contribution in [2.24, 2.45) is 0 Å². The SMILES string of the molecule is Cc1ccc(SCc2ccc(Br)cn2)cc1C. The summed E-state index contributed by atoms with van der Waals surface area (Å²) in [6.45, 7) is 4.29. The van der Waals surface area contributed by atoms with Crippen molar-refractivity contribution in [3.63, 3.8) is 0 Å². The van der Waals surface area contributed by atoms with Gasteiger partial charge in [0.25, 0.3) is 0 Å². The maximum atomic E-state index is 4.37. The highest BCUT2D eigenvalue weighted by Gasteiger charge is 1.99. The van der Waals surface area contributed by atoms with Gasteiger partial charge in [-0.15, -0.1) is 11.8 Å². The van der Waals surface area contributed by atoms with Gasteiger partial charge in [-0.1, -0.05) is 6.07 Å². The Kier molecular flexibility index (Phi) is 4.24. The molecule has 88 valence electrons. The third kappa shape index (κ3) is 3.58. The first-order valence-electron chi connectivity index (χ1n) is 5.45. The highest BCUT2D eigenvalue weighted by atomic mass is 79.9. The zero-order valence-electron chi connectivity index (χ0n) is 9.90. The third-order valence-electron chi connectivity index (χ3n) is 2.65. The summed E-state index contributed by atoms with van der Waals surface area (Å²) in [7, 11) is 0. The number of rotatable bonds is 3. The smallest absolute Gasteiger partial charge is 0.0507 e. The van der Waals surface area contributed by atoms with Crippen LogP contribution in [0.25, 0.3) is 0 Å². The van der Waals surface area contributed by atoms with Crippen LogP contribution in [0.2, 0.25) is 0 Å². The molecule has 0 aliphatic rings. The van der Waals surface area contributed by atoms with E-state index in [1.807, 2.05) is 24.0 Å². The molecular formula is C14H14BrNS. The predicted molar refractivity (Wildman–Crippen MR) is 77.4 cm³/mol. The standard InChI is InChI=1S/C14H14BrNS/c1-10-3-6-14(7-11(10)2)17-9-13-5-4-12(15)8-16-13/h3-8H,9H2,1-2H3. The number of pyridine rings is 1. The molecule has 0 aliphatic carbocycles. The normalized spacial score (nSPS) is 10.5. The summed E-state index contributed by atoms with van der Waals surface area (Å²) in [5, 5.41) is 0. The quantitative estimate of drug-likeness (QED) is 0.759. The summed E-state index contributed by atoms with van der Waals surface area (Å²) in [6.07, 6.45) is 1.84. The minimum atomic E-state index is 0.912. The Balaban J connectivity index is 2.02. The number of hydrogen-bond donors (Lipinski definition) is 0. The van der Waals surface area contributed by atoms with E-state index in [0.717, 1.165) is 15.9 Å². The molecule has 0 N–H and O–H groups in total. The summed E-state index contributed by atoms with van der Waals surface area (Å²) in [5.74, 6) is 0.912. The van der Waals surface area contributed by atoms with E-state index in [-0.39, 0.29) is 0 Å². The summed E-state index contributed by atoms with van der Waals surface area (Å²) >= 11 is 5.21. The fraction of sp³-hybridized carbons (Fsp3) is 0.214. The highest BCUT2D eigenvalue weighted by Crippen LogP contribution is 2.24. The molecule has 3 heteroatoms. The zero-order valence-corrected chi connectivity index (χ0v) is 12.3. The van der Waals surface area contributed by atoms with Crippen LogP contribution in [-0.2, 0) is 5.75 Å². The van der Waals surface area contributed by atoms with Gasteiger partial charge in [-0.05, 0) is 65.2 Å². The molecule has 0 amide bonds. The lowest BCUT2D eigenvalue weighted by Gasteiger charge is -2.05. The van der Waals surface area contributed by atoms with Crippen LogP contribution in [-0.4, -0.2) is 4.98 Å². The van der Waals surface area contributed by atoms with Gasteiger partial charge in [-0.3, -0.25) is 4.98 Å². The maximum absolute atomic E-state index is 4.37. The molecule has 0 fully saturated rings. The van der Waals surface area contributed by atoms with Crippen LogP contribution in [0.15, 0.2) is 45.9 Å². The molecule has 0 saturated heterocycles. The Bertz CT molecular complexity index is 508. The fourth-order valence-electron chi connectivity index (χ4n) is 1.45. The highest BCUT2D eigenvalue weighted by molar-refractivity contribution is 9.10. The van der Waals surface area contributed by atoms with Crippen LogP contribution in [0.5, 0.6) is 0 Å². The van der Waals surface area contributed by atoms with Crippen LogP contribution in [0, 0.1) is 13.8 Å². The fourth-order valence-corrected chi connectivity index (χ4v) is 2.60. The molecule has 0 unspecified atom stereocenters. The third-order valence-corrected chi connectivity index (χ3v) is 4.15. The molecule has 2 rings (SSSR count). The molecule has 0 bridgehead atoms. The Hall–Kier alpha value is -0.800. The molecule has 0 atom stereocenters. The molecule has 1 nitrogen and oxygen atoms in total. The Morgan fingerprint density at radius 3 is 2.59 bits per heavy atom. The van der Waals surface area contributed by atoms with Crippen LogP contribution in [0.3, 0.4) is 0 Å². The number of hydrogen-bond acceptors (Lipinski definition) is 2. The molecule has 1 heterocycles. The van der Waals surface area contributed by atoms with E-state index in [4.69, 9.17) is 0 Å². The van der Waals surface area contributed by atoms with Gasteiger partial charge < -0.3 is 0 Å². The molecule has 0 aliphatic heterocycles. The maximum Gasteiger partial charge on any atom is 0.0507 e. The average molecular weight is 308 g/mol. The van der Waals surface area contributed by atoms with E-state index < -0.39 is 0 Å². The van der Waals surface area contributed by atoms with Gasteiger partial charge in [0.05, 0.1) is 5.69 Å². The summed E-state index contributed by atoms with van der Waals surface area (Å²) < 4.78 is 1.03. The number of halogens is 1. The van der Waals surface area contributed by atoms with Crippen LogP contribution < -0.4 is 0 Å². The van der Waals surface area contributed by atoms with Crippen LogP contribution >= 0.6 is 27.7 Å². The first-order valence-corrected chi connectivity index (χ1v) is 7.23. The summed E-state index contributed by atoms with van der Waals surface area (Å²) in [4.78, 5) is 5.67. The van der Waals surface area contributed by atoms with Gasteiger partial charge in [-0.25, -0.2) is 0 Å². The van der Waals surface area contributed by atoms with E-state index in [9.17, 15) is 0 Å². The van der Waals surface area contributed by atoms with Crippen molar-refractivity contribution in [3.8, 4) is 0 Å². The Labute approximate surface area is 115 Å². The van der Waals surface area contributed by atoms with Gasteiger partial charge in [0.1, 0.15) is 0 Å². The molecule has 0 spiro atoms. The second kappa shape index (κ2) is 5.69. The van der Waals surface area contributed by atoms with Crippen molar-refractivity contribution < 1.29 is 0 Å². The first-order chi connectivity index (χ1) is 8.15. The second-order valence-electron chi connectivity index (χ2n) is 4.00. The van der Waals surface area contributed by atoms with Crippen LogP contribution in [0.4, 0.5) is 0 Å². The van der Waals surface area contributed by atoms with Crippen LogP contribution in [0.1, 0.15) is 16.8 Å². The minimum Gasteiger partial charge on any atom is -0.259 e. The van der Waals surface area contributed by atoms with Crippen molar-refractivity contribution in [1.82, 2.24) is 4.98 Å². The summed E-state index contributed by atoms with van der Waals surface area (Å²) in [5.41, 5.74) is 3.80. The van der Waals surface area contributed by atoms with Gasteiger partial charge >= 0.3 is 0 Å². The number of nitrogens with zero attached hydrogens (tertiary/aromatic N) is 1. The van der Waals surface area contributed by atoms with Crippen molar-refractivity contribution in [2.75, 3.05) is 0 Å². The van der Waals surface area contributed by atoms with E-state index in [1.54, 1.807) is 0 Å². The van der Waals surface area contributed by atoms with Gasteiger partial charge in [0, 0.05) is 21.3 Å². The predicted octanol–water partition coefficient (Wildman–Crippen LogP) is 4.75. The molecule has 17 heavy (non-hydrogen) atoms. The molecule has 0 radical (unpaired) electrons. The van der Waals surface area contributed by atoms with Crippen molar-refractivity contribution in [3.05, 3.63) is 57.8 Å². The first kappa shape index (κ1) is 12.7. The lowest BCUT2D eigenvalue weighted by atomic mass is 10.1. The van der Waals surface area contributed by atoms with E-state index >= 15 is 0 Å². The molecule has 2 aromatic rings. The number of thioether (sulfide) groups is 1. The monoisotopic (exact) mass is 307 g/mol. The Morgan fingerprint density at radius 1 is 1.12 bits per heavy atom. The zero-order chi connectivity index (χ0) is 12.3. The van der Waals surface area contributed by atoms with Gasteiger partial charge in [0.15, 0.2) is 0 Å².